The highest BCUT2D eigenvalue weighted by molar-refractivity contribution is 14.1. The quantitative estimate of drug-likeness (QED) is 0.299. The largest absolute Gasteiger partial charge is 0.294 e. The Morgan fingerprint density at radius 3 is 2.30 bits per heavy atom. The van der Waals surface area contributed by atoms with Gasteiger partial charge in [-0.2, -0.15) is 8.42 Å². The van der Waals surface area contributed by atoms with E-state index in [0.717, 1.165) is 28.7 Å². The first-order chi connectivity index (χ1) is 9.36. The predicted molar refractivity (Wildman–Crippen MR) is 96.7 cm³/mol. The lowest BCUT2D eigenvalue weighted by Crippen LogP contribution is -1.98. The fourth-order valence-corrected chi connectivity index (χ4v) is 4.02. The van der Waals surface area contributed by atoms with Crippen molar-refractivity contribution in [2.75, 3.05) is 0 Å². The Balaban J connectivity index is 2.53. The zero-order valence-corrected chi connectivity index (χ0v) is 15.1. The van der Waals surface area contributed by atoms with Crippen LogP contribution in [0.15, 0.2) is 47.4 Å². The Morgan fingerprint density at radius 2 is 1.60 bits per heavy atom. The normalized spacial score (nSPS) is 12.2. The summed E-state index contributed by atoms with van der Waals surface area (Å²) >= 11 is 4.46. The maximum Gasteiger partial charge on any atom is 0.294 e. The van der Waals surface area contributed by atoms with E-state index in [1.54, 1.807) is 6.07 Å². The van der Waals surface area contributed by atoms with Crippen molar-refractivity contribution in [2.45, 2.75) is 4.90 Å². The van der Waals surface area contributed by atoms with Crippen molar-refractivity contribution in [3.8, 4) is 0 Å². The van der Waals surface area contributed by atoms with Crippen molar-refractivity contribution in [1.82, 2.24) is 0 Å². The zero-order chi connectivity index (χ0) is 14.5. The smallest absolute Gasteiger partial charge is 0.282 e. The minimum Gasteiger partial charge on any atom is -0.282 e. The molecule has 20 heavy (non-hydrogen) atoms. The average Bonchev–Trinajstić information content (AvgIpc) is 2.38. The number of hydrogen-bond donors (Lipinski definition) is 1. The molecule has 6 heteroatoms. The van der Waals surface area contributed by atoms with E-state index >= 15 is 0 Å². The van der Waals surface area contributed by atoms with Crippen LogP contribution in [0.4, 0.5) is 0 Å². The molecular weight excluding hydrogens is 502 g/mol. The summed E-state index contributed by atoms with van der Waals surface area (Å²) in [6.45, 7) is 0. The van der Waals surface area contributed by atoms with Crippen molar-refractivity contribution in [3.63, 3.8) is 0 Å². The summed E-state index contributed by atoms with van der Waals surface area (Å²) in [6, 6.07) is 12.8. The van der Waals surface area contributed by atoms with Crippen molar-refractivity contribution < 1.29 is 13.0 Å². The third-order valence-electron chi connectivity index (χ3n) is 3.13. The number of rotatable bonds is 1. The van der Waals surface area contributed by atoms with Crippen LogP contribution in [-0.2, 0) is 10.1 Å². The van der Waals surface area contributed by atoms with Gasteiger partial charge in [0.25, 0.3) is 10.1 Å². The van der Waals surface area contributed by atoms with E-state index in [1.165, 1.54) is 12.1 Å². The molecule has 0 bridgehead atoms. The first-order valence-corrected chi connectivity index (χ1v) is 9.25. The van der Waals surface area contributed by atoms with Crippen LogP contribution < -0.4 is 0 Å². The minimum atomic E-state index is -4.19. The number of benzene rings is 3. The maximum atomic E-state index is 11.3. The predicted octanol–water partition coefficient (Wildman–Crippen LogP) is 4.45. The van der Waals surface area contributed by atoms with E-state index < -0.39 is 10.1 Å². The Labute approximate surface area is 143 Å². The SMILES string of the molecule is O=S(=O)(O)c1ccc2c(I)cc3ccc(I)cc3c2c1. The third kappa shape index (κ3) is 2.53. The molecule has 0 unspecified atom stereocenters. The lowest BCUT2D eigenvalue weighted by molar-refractivity contribution is 0.483. The number of fused-ring (bicyclic) bond motifs is 3. The van der Waals surface area contributed by atoms with Crippen LogP contribution in [0.3, 0.4) is 0 Å². The van der Waals surface area contributed by atoms with E-state index in [1.807, 2.05) is 18.2 Å². The minimum absolute atomic E-state index is 0.0767. The van der Waals surface area contributed by atoms with Gasteiger partial charge in [-0.1, -0.05) is 12.1 Å². The summed E-state index contributed by atoms with van der Waals surface area (Å²) in [6.07, 6.45) is 0. The summed E-state index contributed by atoms with van der Waals surface area (Å²) in [5.41, 5.74) is 0. The van der Waals surface area contributed by atoms with Crippen molar-refractivity contribution in [3.05, 3.63) is 49.6 Å². The molecule has 0 aliphatic carbocycles. The molecule has 0 aliphatic rings. The Bertz CT molecular complexity index is 949. The van der Waals surface area contributed by atoms with Crippen molar-refractivity contribution in [1.29, 1.82) is 0 Å². The lowest BCUT2D eigenvalue weighted by Gasteiger charge is -2.08. The van der Waals surface area contributed by atoms with Crippen LogP contribution >= 0.6 is 45.2 Å². The summed E-state index contributed by atoms with van der Waals surface area (Å²) in [5.74, 6) is 0. The molecule has 0 spiro atoms. The van der Waals surface area contributed by atoms with Gasteiger partial charge in [0.15, 0.2) is 0 Å². The van der Waals surface area contributed by atoms with Gasteiger partial charge in [0.1, 0.15) is 0 Å². The van der Waals surface area contributed by atoms with Crippen LogP contribution in [0.1, 0.15) is 0 Å². The van der Waals surface area contributed by atoms with Crippen LogP contribution in [0.25, 0.3) is 21.5 Å². The molecule has 0 saturated heterocycles. The molecule has 0 fully saturated rings. The van der Waals surface area contributed by atoms with E-state index in [4.69, 9.17) is 0 Å². The molecule has 0 aromatic heterocycles. The molecule has 3 aromatic rings. The molecule has 1 N–H and O–H groups in total. The molecule has 0 radical (unpaired) electrons. The molecule has 0 heterocycles. The van der Waals surface area contributed by atoms with Gasteiger partial charge >= 0.3 is 0 Å². The zero-order valence-electron chi connectivity index (χ0n) is 9.97. The molecule has 3 rings (SSSR count). The molecule has 0 amide bonds. The van der Waals surface area contributed by atoms with Crippen LogP contribution in [-0.4, -0.2) is 13.0 Å². The second kappa shape index (κ2) is 5.08. The molecule has 3 nitrogen and oxygen atoms in total. The summed E-state index contributed by atoms with van der Waals surface area (Å²) in [7, 11) is -4.19. The fraction of sp³-hybridized carbons (Fsp3) is 0. The second-order valence-corrected chi connectivity index (χ2v) is 8.24. The van der Waals surface area contributed by atoms with E-state index in [2.05, 4.69) is 51.2 Å². The first-order valence-electron chi connectivity index (χ1n) is 5.65. The fourth-order valence-electron chi connectivity index (χ4n) is 2.22. The highest BCUT2D eigenvalue weighted by Gasteiger charge is 2.12. The van der Waals surface area contributed by atoms with Gasteiger partial charge in [-0.05, 0) is 97.1 Å². The molecule has 0 saturated carbocycles. The number of hydrogen-bond acceptors (Lipinski definition) is 2. The standard InChI is InChI=1S/C14H8I2O3S/c15-9-2-1-8-5-14(16)11-4-3-10(20(17,18)19)7-13(11)12(8)6-9/h1-7H,(H,17,18,19). The van der Waals surface area contributed by atoms with Crippen LogP contribution in [0.2, 0.25) is 0 Å². The summed E-state index contributed by atoms with van der Waals surface area (Å²) in [5, 5.41) is 3.85. The van der Waals surface area contributed by atoms with Gasteiger partial charge in [0, 0.05) is 7.14 Å². The Kier molecular flexibility index (Phi) is 3.68. The van der Waals surface area contributed by atoms with Gasteiger partial charge < -0.3 is 0 Å². The van der Waals surface area contributed by atoms with E-state index in [0.29, 0.717) is 0 Å². The van der Waals surface area contributed by atoms with Gasteiger partial charge in [0.2, 0.25) is 0 Å². The molecule has 3 aromatic carbocycles. The Hall–Kier alpha value is -0.450. The van der Waals surface area contributed by atoms with Crippen molar-refractivity contribution >= 4 is 76.8 Å². The molecule has 0 aliphatic heterocycles. The summed E-state index contributed by atoms with van der Waals surface area (Å²) < 4.78 is 34.0. The highest BCUT2D eigenvalue weighted by Crippen LogP contribution is 2.32. The van der Waals surface area contributed by atoms with Crippen molar-refractivity contribution in [2.24, 2.45) is 0 Å². The van der Waals surface area contributed by atoms with Crippen LogP contribution in [0, 0.1) is 7.14 Å². The van der Waals surface area contributed by atoms with Gasteiger partial charge in [0.05, 0.1) is 4.90 Å². The van der Waals surface area contributed by atoms with Gasteiger partial charge in [-0.25, -0.2) is 0 Å². The lowest BCUT2D eigenvalue weighted by atomic mass is 10.0. The monoisotopic (exact) mass is 510 g/mol. The maximum absolute atomic E-state index is 11.3. The summed E-state index contributed by atoms with van der Waals surface area (Å²) in [4.78, 5) is -0.0767. The van der Waals surface area contributed by atoms with Crippen LogP contribution in [0.5, 0.6) is 0 Å². The molecule has 102 valence electrons. The first kappa shape index (κ1) is 14.5. The number of halogens is 2. The van der Waals surface area contributed by atoms with Gasteiger partial charge in [-0.3, -0.25) is 4.55 Å². The third-order valence-corrected chi connectivity index (χ3v) is 5.55. The highest BCUT2D eigenvalue weighted by atomic mass is 127. The second-order valence-electron chi connectivity index (χ2n) is 4.41. The molecule has 0 atom stereocenters. The average molecular weight is 510 g/mol. The topological polar surface area (TPSA) is 54.4 Å². The molecular formula is C14H8I2O3S. The van der Waals surface area contributed by atoms with E-state index in [-0.39, 0.29) is 4.90 Å². The van der Waals surface area contributed by atoms with E-state index in [9.17, 15) is 13.0 Å². The Morgan fingerprint density at radius 1 is 0.850 bits per heavy atom. The van der Waals surface area contributed by atoms with Gasteiger partial charge in [-0.15, -0.1) is 0 Å².